The number of hydrogen-bond donors (Lipinski definition) is 2. The van der Waals surface area contributed by atoms with E-state index in [0.717, 1.165) is 41.0 Å². The Balaban J connectivity index is 1.62. The van der Waals surface area contributed by atoms with Gasteiger partial charge in [-0.2, -0.15) is 13.2 Å². The van der Waals surface area contributed by atoms with Crippen LogP contribution in [0.5, 0.6) is 0 Å². The number of carbonyl (C=O) groups excluding carboxylic acids is 1. The van der Waals surface area contributed by atoms with Gasteiger partial charge in [-0.25, -0.2) is 4.79 Å². The van der Waals surface area contributed by atoms with E-state index in [1.165, 1.54) is 12.1 Å². The van der Waals surface area contributed by atoms with Crippen LogP contribution in [-0.4, -0.2) is 34.6 Å². The summed E-state index contributed by atoms with van der Waals surface area (Å²) in [6.45, 7) is -0.00989. The molecule has 1 saturated carbocycles. The Labute approximate surface area is 159 Å². The lowest BCUT2D eigenvalue weighted by atomic mass is 10.0. The van der Waals surface area contributed by atoms with E-state index in [9.17, 15) is 22.8 Å². The van der Waals surface area contributed by atoms with Crippen molar-refractivity contribution in [2.24, 2.45) is 0 Å². The molecule has 0 spiro atoms. The van der Waals surface area contributed by atoms with Crippen LogP contribution < -0.4 is 5.32 Å². The van der Waals surface area contributed by atoms with Gasteiger partial charge < -0.3 is 10.4 Å². The number of nitrogens with zero attached hydrogens (tertiary/aromatic N) is 1. The first-order valence-corrected chi connectivity index (χ1v) is 8.77. The smallest absolute Gasteiger partial charge is 0.416 e. The van der Waals surface area contributed by atoms with Crippen molar-refractivity contribution in [1.29, 1.82) is 0 Å². The van der Waals surface area contributed by atoms with Crippen molar-refractivity contribution in [1.82, 2.24) is 10.2 Å². The van der Waals surface area contributed by atoms with Gasteiger partial charge in [0.25, 0.3) is 0 Å². The molecule has 8 heteroatoms. The highest BCUT2D eigenvalue weighted by molar-refractivity contribution is 5.82. The summed E-state index contributed by atoms with van der Waals surface area (Å²) in [5.74, 6) is -0.394. The van der Waals surface area contributed by atoms with Gasteiger partial charge in [-0.1, -0.05) is 30.3 Å². The molecule has 0 unspecified atom stereocenters. The highest BCUT2D eigenvalue weighted by Gasteiger charge is 2.33. The number of amides is 2. The molecule has 0 bridgehead atoms. The van der Waals surface area contributed by atoms with E-state index in [2.05, 4.69) is 5.32 Å². The Morgan fingerprint density at radius 1 is 1.07 bits per heavy atom. The zero-order valence-corrected chi connectivity index (χ0v) is 14.9. The average Bonchev–Trinajstić information content (AvgIpc) is 3.49. The number of alkyl halides is 3. The summed E-state index contributed by atoms with van der Waals surface area (Å²) in [7, 11) is 0. The molecule has 2 N–H and O–H groups in total. The zero-order valence-electron chi connectivity index (χ0n) is 14.9. The summed E-state index contributed by atoms with van der Waals surface area (Å²) >= 11 is 0. The zero-order chi connectivity index (χ0) is 20.3. The number of carboxylic acid groups (broad SMARTS) is 1. The Morgan fingerprint density at radius 2 is 1.75 bits per heavy atom. The van der Waals surface area contributed by atoms with E-state index >= 15 is 0 Å². The van der Waals surface area contributed by atoms with Gasteiger partial charge in [-0.05, 0) is 47.7 Å². The lowest BCUT2D eigenvalue weighted by molar-refractivity contribution is -0.137. The third kappa shape index (κ3) is 5.03. The van der Waals surface area contributed by atoms with Crippen LogP contribution in [0.25, 0.3) is 11.1 Å². The quantitative estimate of drug-likeness (QED) is 0.777. The monoisotopic (exact) mass is 392 g/mol. The highest BCUT2D eigenvalue weighted by atomic mass is 19.4. The van der Waals surface area contributed by atoms with E-state index in [1.54, 1.807) is 24.3 Å². The third-order valence-corrected chi connectivity index (χ3v) is 4.51. The van der Waals surface area contributed by atoms with Crippen molar-refractivity contribution in [2.45, 2.75) is 31.6 Å². The Hall–Kier alpha value is -3.03. The van der Waals surface area contributed by atoms with Gasteiger partial charge in [0, 0.05) is 12.6 Å². The molecule has 0 saturated heterocycles. The summed E-state index contributed by atoms with van der Waals surface area (Å²) in [5, 5.41) is 11.8. The molecule has 0 atom stereocenters. The first-order chi connectivity index (χ1) is 13.2. The number of hydrogen-bond acceptors (Lipinski definition) is 2. The molecule has 3 rings (SSSR count). The van der Waals surface area contributed by atoms with Gasteiger partial charge in [0.05, 0.1) is 5.56 Å². The molecule has 0 radical (unpaired) electrons. The van der Waals surface area contributed by atoms with Crippen LogP contribution in [-0.2, 0) is 17.5 Å². The van der Waals surface area contributed by atoms with Crippen molar-refractivity contribution >= 4 is 12.0 Å². The molecule has 5 nitrogen and oxygen atoms in total. The van der Waals surface area contributed by atoms with Gasteiger partial charge in [0.15, 0.2) is 0 Å². The van der Waals surface area contributed by atoms with Crippen LogP contribution >= 0.6 is 0 Å². The second-order valence-electron chi connectivity index (χ2n) is 6.69. The molecule has 148 valence electrons. The van der Waals surface area contributed by atoms with Gasteiger partial charge in [-0.15, -0.1) is 0 Å². The Morgan fingerprint density at radius 3 is 2.32 bits per heavy atom. The first kappa shape index (κ1) is 19.7. The lowest BCUT2D eigenvalue weighted by Gasteiger charge is -2.18. The van der Waals surface area contributed by atoms with Crippen molar-refractivity contribution in [3.05, 3.63) is 59.7 Å². The average molecular weight is 392 g/mol. The van der Waals surface area contributed by atoms with Crippen LogP contribution in [0.3, 0.4) is 0 Å². The molecule has 0 heterocycles. The maximum atomic E-state index is 12.7. The number of carbonyl (C=O) groups is 2. The van der Waals surface area contributed by atoms with Crippen LogP contribution in [0.2, 0.25) is 0 Å². The SMILES string of the molecule is O=C(CN(C(=O)O)C1CC1)NCc1cccc(-c2ccc(C(F)(F)F)cc2)c1. The molecule has 0 aliphatic heterocycles. The van der Waals surface area contributed by atoms with Gasteiger partial charge >= 0.3 is 12.3 Å². The minimum absolute atomic E-state index is 0.0775. The molecule has 1 fully saturated rings. The number of nitrogens with one attached hydrogen (secondary N) is 1. The Bertz CT molecular complexity index is 862. The maximum Gasteiger partial charge on any atom is 0.416 e. The molecule has 1 aliphatic carbocycles. The third-order valence-electron chi connectivity index (χ3n) is 4.51. The summed E-state index contributed by atoms with van der Waals surface area (Å²) < 4.78 is 38.0. The second-order valence-corrected chi connectivity index (χ2v) is 6.69. The van der Waals surface area contributed by atoms with Crippen molar-refractivity contribution in [2.75, 3.05) is 6.54 Å². The molecule has 1 aliphatic rings. The van der Waals surface area contributed by atoms with Gasteiger partial charge in [-0.3, -0.25) is 9.69 Å². The minimum atomic E-state index is -4.38. The topological polar surface area (TPSA) is 69.6 Å². The molecule has 2 aromatic rings. The summed E-state index contributed by atoms with van der Waals surface area (Å²) in [4.78, 5) is 24.3. The van der Waals surface area contributed by atoms with Crippen molar-refractivity contribution in [3.63, 3.8) is 0 Å². The fourth-order valence-electron chi connectivity index (χ4n) is 2.86. The van der Waals surface area contributed by atoms with E-state index in [-0.39, 0.29) is 19.1 Å². The van der Waals surface area contributed by atoms with Gasteiger partial charge in [0.2, 0.25) is 5.91 Å². The highest BCUT2D eigenvalue weighted by Crippen LogP contribution is 2.31. The van der Waals surface area contributed by atoms with Crippen LogP contribution in [0.15, 0.2) is 48.5 Å². The molecular formula is C20H19F3N2O3. The lowest BCUT2D eigenvalue weighted by Crippen LogP contribution is -2.41. The maximum absolute atomic E-state index is 12.7. The van der Waals surface area contributed by atoms with Crippen molar-refractivity contribution in [3.8, 4) is 11.1 Å². The van der Waals surface area contributed by atoms with Crippen LogP contribution in [0, 0.1) is 0 Å². The van der Waals surface area contributed by atoms with Gasteiger partial charge in [0.1, 0.15) is 6.54 Å². The summed E-state index contributed by atoms with van der Waals surface area (Å²) in [6, 6.07) is 11.9. The number of halogens is 3. The molecule has 2 aromatic carbocycles. The van der Waals surface area contributed by atoms with Crippen LogP contribution in [0.4, 0.5) is 18.0 Å². The van der Waals surface area contributed by atoms with Crippen molar-refractivity contribution < 1.29 is 27.9 Å². The number of benzene rings is 2. The fraction of sp³-hybridized carbons (Fsp3) is 0.300. The molecular weight excluding hydrogens is 373 g/mol. The predicted octanol–water partition coefficient (Wildman–Crippen LogP) is 4.13. The van der Waals surface area contributed by atoms with Crippen LogP contribution in [0.1, 0.15) is 24.0 Å². The Kier molecular flexibility index (Phi) is 5.58. The van der Waals surface area contributed by atoms with E-state index in [0.29, 0.717) is 5.56 Å². The summed E-state index contributed by atoms with van der Waals surface area (Å²) in [5.41, 5.74) is 1.41. The standard InChI is InChI=1S/C20H19F3N2O3/c21-20(22,23)16-6-4-14(5-7-16)15-3-1-2-13(10-15)11-24-18(26)12-25(19(27)28)17-8-9-17/h1-7,10,17H,8-9,11-12H2,(H,24,26)(H,27,28). The molecule has 28 heavy (non-hydrogen) atoms. The fourth-order valence-corrected chi connectivity index (χ4v) is 2.86. The first-order valence-electron chi connectivity index (χ1n) is 8.77. The minimum Gasteiger partial charge on any atom is -0.465 e. The van der Waals surface area contributed by atoms with E-state index < -0.39 is 23.7 Å². The molecule has 2 amide bonds. The summed E-state index contributed by atoms with van der Waals surface area (Å²) in [6.07, 6.45) is -3.94. The number of rotatable bonds is 6. The largest absolute Gasteiger partial charge is 0.465 e. The normalized spacial score (nSPS) is 13.8. The van der Waals surface area contributed by atoms with E-state index in [1.807, 2.05) is 0 Å². The second kappa shape index (κ2) is 7.92. The molecule has 0 aromatic heterocycles. The predicted molar refractivity (Wildman–Crippen MR) is 96.5 cm³/mol. The van der Waals surface area contributed by atoms with E-state index in [4.69, 9.17) is 5.11 Å².